The third-order valence-corrected chi connectivity index (χ3v) is 5.59. The largest absolute Gasteiger partial charge is 0.299 e. The first kappa shape index (κ1) is 14.7. The molecule has 1 aliphatic carbocycles. The van der Waals surface area contributed by atoms with Crippen molar-refractivity contribution in [3.63, 3.8) is 0 Å². The molecular weight excluding hydrogens is 283 g/mol. The van der Waals surface area contributed by atoms with Crippen molar-refractivity contribution in [1.82, 2.24) is 10.3 Å². The van der Waals surface area contributed by atoms with E-state index in [9.17, 15) is 4.39 Å². The second-order valence-corrected chi connectivity index (χ2v) is 6.95. The highest BCUT2D eigenvalue weighted by molar-refractivity contribution is 7.09. The van der Waals surface area contributed by atoms with Gasteiger partial charge in [0, 0.05) is 17.1 Å². The van der Waals surface area contributed by atoms with Crippen LogP contribution in [-0.2, 0) is 5.54 Å². The number of benzene rings is 1. The second-order valence-electron chi connectivity index (χ2n) is 6.10. The van der Waals surface area contributed by atoms with Crippen LogP contribution in [0.2, 0.25) is 0 Å². The van der Waals surface area contributed by atoms with E-state index in [4.69, 9.17) is 0 Å². The number of hydrogen-bond acceptors (Lipinski definition) is 3. The van der Waals surface area contributed by atoms with E-state index >= 15 is 0 Å². The van der Waals surface area contributed by atoms with Crippen molar-refractivity contribution in [2.75, 3.05) is 0 Å². The molecule has 1 heterocycles. The monoisotopic (exact) mass is 304 g/mol. The minimum atomic E-state index is -0.169. The van der Waals surface area contributed by atoms with Gasteiger partial charge in [-0.25, -0.2) is 9.37 Å². The molecule has 1 aliphatic rings. The van der Waals surface area contributed by atoms with Crippen molar-refractivity contribution in [2.45, 2.75) is 51.6 Å². The zero-order chi connectivity index (χ0) is 15.0. The zero-order valence-corrected chi connectivity index (χ0v) is 13.6. The average molecular weight is 304 g/mol. The molecule has 1 unspecified atom stereocenters. The van der Waals surface area contributed by atoms with Crippen molar-refractivity contribution in [1.29, 1.82) is 0 Å². The Morgan fingerprint density at radius 1 is 1.33 bits per heavy atom. The molecule has 2 nitrogen and oxygen atoms in total. The molecule has 0 amide bonds. The fourth-order valence-electron chi connectivity index (χ4n) is 3.14. The van der Waals surface area contributed by atoms with Crippen LogP contribution in [0.25, 0.3) is 0 Å². The first-order valence-electron chi connectivity index (χ1n) is 7.46. The molecular formula is C17H21FN2S. The van der Waals surface area contributed by atoms with E-state index in [1.807, 2.05) is 19.9 Å². The van der Waals surface area contributed by atoms with E-state index in [1.54, 1.807) is 23.5 Å². The number of hydrogen-bond donors (Lipinski definition) is 1. The molecule has 1 N–H and O–H groups in total. The average Bonchev–Trinajstić information content (AvgIpc) is 2.80. The number of rotatable bonds is 4. The minimum absolute atomic E-state index is 0.0131. The van der Waals surface area contributed by atoms with Crippen LogP contribution in [0, 0.1) is 19.7 Å². The lowest BCUT2D eigenvalue weighted by Gasteiger charge is -2.43. The van der Waals surface area contributed by atoms with Crippen molar-refractivity contribution < 1.29 is 4.39 Å². The maximum atomic E-state index is 13.3. The third-order valence-electron chi connectivity index (χ3n) is 4.43. The maximum absolute atomic E-state index is 13.3. The van der Waals surface area contributed by atoms with Crippen molar-refractivity contribution in [3.05, 3.63) is 51.2 Å². The van der Waals surface area contributed by atoms with Crippen LogP contribution >= 0.6 is 11.3 Å². The molecule has 1 aromatic heterocycles. The van der Waals surface area contributed by atoms with Crippen LogP contribution < -0.4 is 5.32 Å². The van der Waals surface area contributed by atoms with Gasteiger partial charge in [-0.05, 0) is 63.3 Å². The Balaban J connectivity index is 1.84. The summed E-state index contributed by atoms with van der Waals surface area (Å²) in [4.78, 5) is 4.68. The summed E-state index contributed by atoms with van der Waals surface area (Å²) < 4.78 is 13.3. The summed E-state index contributed by atoms with van der Waals surface area (Å²) in [6.45, 7) is 6.16. The second kappa shape index (κ2) is 5.50. The maximum Gasteiger partial charge on any atom is 0.123 e. The van der Waals surface area contributed by atoms with E-state index in [0.717, 1.165) is 29.7 Å². The van der Waals surface area contributed by atoms with Gasteiger partial charge in [-0.1, -0.05) is 6.07 Å². The SMILES string of the molecule is Cc1csc(C2(NC(C)c3ccc(F)cc3C)CCC2)n1. The summed E-state index contributed by atoms with van der Waals surface area (Å²) in [5, 5.41) is 7.07. The predicted octanol–water partition coefficient (Wildman–Crippen LogP) is 4.63. The molecule has 1 saturated carbocycles. The molecule has 0 spiro atoms. The van der Waals surface area contributed by atoms with Gasteiger partial charge >= 0.3 is 0 Å². The van der Waals surface area contributed by atoms with Crippen molar-refractivity contribution >= 4 is 11.3 Å². The third kappa shape index (κ3) is 2.74. The number of nitrogens with one attached hydrogen (secondary N) is 1. The Bertz CT molecular complexity index is 646. The number of nitrogens with zero attached hydrogens (tertiary/aromatic N) is 1. The summed E-state index contributed by atoms with van der Waals surface area (Å²) in [6, 6.07) is 5.23. The van der Waals surface area contributed by atoms with Gasteiger partial charge in [0.15, 0.2) is 0 Å². The Hall–Kier alpha value is -1.26. The Morgan fingerprint density at radius 2 is 2.10 bits per heavy atom. The van der Waals surface area contributed by atoms with Gasteiger partial charge < -0.3 is 0 Å². The molecule has 21 heavy (non-hydrogen) atoms. The molecule has 4 heteroatoms. The summed E-state index contributed by atoms with van der Waals surface area (Å²) in [6.07, 6.45) is 3.50. The molecule has 3 rings (SSSR count). The normalized spacial score (nSPS) is 18.3. The lowest BCUT2D eigenvalue weighted by molar-refractivity contribution is 0.166. The summed E-state index contributed by atoms with van der Waals surface area (Å²) in [5.41, 5.74) is 3.27. The highest BCUT2D eigenvalue weighted by atomic mass is 32.1. The van der Waals surface area contributed by atoms with Crippen LogP contribution in [-0.4, -0.2) is 4.98 Å². The van der Waals surface area contributed by atoms with Crippen LogP contribution in [0.3, 0.4) is 0 Å². The molecule has 112 valence electrons. The van der Waals surface area contributed by atoms with Crippen LogP contribution in [0.4, 0.5) is 4.39 Å². The van der Waals surface area contributed by atoms with Gasteiger partial charge in [0.2, 0.25) is 0 Å². The topological polar surface area (TPSA) is 24.9 Å². The number of aromatic nitrogens is 1. The first-order chi connectivity index (χ1) is 10.00. The van der Waals surface area contributed by atoms with Crippen LogP contribution in [0.5, 0.6) is 0 Å². The Kier molecular flexibility index (Phi) is 3.84. The van der Waals surface area contributed by atoms with Crippen LogP contribution in [0.15, 0.2) is 23.6 Å². The lowest BCUT2D eigenvalue weighted by Crippen LogP contribution is -2.49. The summed E-state index contributed by atoms with van der Waals surface area (Å²) in [7, 11) is 0. The molecule has 0 saturated heterocycles. The molecule has 1 atom stereocenters. The first-order valence-corrected chi connectivity index (χ1v) is 8.34. The predicted molar refractivity (Wildman–Crippen MR) is 85.1 cm³/mol. The standard InChI is InChI=1S/C17H21FN2S/c1-11-9-14(18)5-6-15(11)13(3)20-17(7-4-8-17)16-19-12(2)10-21-16/h5-6,9-10,13,20H,4,7-8H2,1-3H3. The number of thiazole rings is 1. The van der Waals surface area contributed by atoms with E-state index in [0.29, 0.717) is 0 Å². The van der Waals surface area contributed by atoms with Gasteiger partial charge in [-0.3, -0.25) is 5.32 Å². The molecule has 0 radical (unpaired) electrons. The highest BCUT2D eigenvalue weighted by Gasteiger charge is 2.42. The zero-order valence-electron chi connectivity index (χ0n) is 12.7. The van der Waals surface area contributed by atoms with Gasteiger partial charge in [-0.15, -0.1) is 11.3 Å². The molecule has 1 aromatic carbocycles. The lowest BCUT2D eigenvalue weighted by atomic mass is 9.76. The van der Waals surface area contributed by atoms with Gasteiger partial charge in [-0.2, -0.15) is 0 Å². The van der Waals surface area contributed by atoms with E-state index in [-0.39, 0.29) is 17.4 Å². The molecule has 2 aromatic rings. The van der Waals surface area contributed by atoms with Gasteiger partial charge in [0.25, 0.3) is 0 Å². The summed E-state index contributed by atoms with van der Waals surface area (Å²) >= 11 is 1.74. The highest BCUT2D eigenvalue weighted by Crippen LogP contribution is 2.44. The number of halogens is 1. The minimum Gasteiger partial charge on any atom is -0.299 e. The fraction of sp³-hybridized carbons (Fsp3) is 0.471. The van der Waals surface area contributed by atoms with Gasteiger partial charge in [0.1, 0.15) is 10.8 Å². The quantitative estimate of drug-likeness (QED) is 0.891. The number of aryl methyl sites for hydroxylation is 2. The van der Waals surface area contributed by atoms with E-state index < -0.39 is 0 Å². The summed E-state index contributed by atoms with van der Waals surface area (Å²) in [5.74, 6) is -0.169. The van der Waals surface area contributed by atoms with Crippen molar-refractivity contribution in [2.24, 2.45) is 0 Å². The van der Waals surface area contributed by atoms with Crippen molar-refractivity contribution in [3.8, 4) is 0 Å². The van der Waals surface area contributed by atoms with E-state index in [2.05, 4.69) is 22.6 Å². The van der Waals surface area contributed by atoms with E-state index in [1.165, 1.54) is 11.4 Å². The Morgan fingerprint density at radius 3 is 2.62 bits per heavy atom. The smallest absolute Gasteiger partial charge is 0.123 e. The molecule has 0 aliphatic heterocycles. The molecule has 0 bridgehead atoms. The Labute approximate surface area is 129 Å². The fourth-order valence-corrected chi connectivity index (χ4v) is 4.16. The van der Waals surface area contributed by atoms with Crippen LogP contribution in [0.1, 0.15) is 54.1 Å². The van der Waals surface area contributed by atoms with Gasteiger partial charge in [0.05, 0.1) is 5.54 Å². The molecule has 1 fully saturated rings.